The van der Waals surface area contributed by atoms with Crippen molar-refractivity contribution in [1.82, 2.24) is 0 Å². The fourth-order valence-electron chi connectivity index (χ4n) is 3.14. The topological polar surface area (TPSA) is 0 Å². The van der Waals surface area contributed by atoms with E-state index in [1.807, 2.05) is 0 Å². The van der Waals surface area contributed by atoms with Crippen molar-refractivity contribution in [2.45, 2.75) is 52.4 Å². The Labute approximate surface area is 130 Å². The van der Waals surface area contributed by atoms with E-state index in [9.17, 15) is 0 Å². The minimum Gasteiger partial charge on any atom is -0.0651 e. The second-order valence-corrected chi connectivity index (χ2v) is 6.47. The molecule has 0 aliphatic heterocycles. The smallest absolute Gasteiger partial charge is 0.00930 e. The van der Waals surface area contributed by atoms with Crippen LogP contribution in [-0.2, 0) is 6.42 Å². The average Bonchev–Trinajstić information content (AvgIpc) is 2.53. The summed E-state index contributed by atoms with van der Waals surface area (Å²) in [5.41, 5.74) is 4.51. The van der Waals surface area contributed by atoms with Gasteiger partial charge in [-0.2, -0.15) is 0 Å². The molecular weight excluding hydrogens is 252 g/mol. The summed E-state index contributed by atoms with van der Waals surface area (Å²) in [6.45, 7) is 9.30. The Balaban J connectivity index is 2.37. The summed E-state index contributed by atoms with van der Waals surface area (Å²) in [6, 6.07) is 19.9. The molecule has 0 nitrogen and oxygen atoms in total. The highest BCUT2D eigenvalue weighted by Crippen LogP contribution is 2.35. The lowest BCUT2D eigenvalue weighted by atomic mass is 9.77. The molecule has 0 fully saturated rings. The van der Waals surface area contributed by atoms with Crippen LogP contribution in [0, 0.1) is 5.92 Å². The average molecular weight is 280 g/mol. The molecule has 112 valence electrons. The van der Waals surface area contributed by atoms with Gasteiger partial charge in [0.05, 0.1) is 0 Å². The molecule has 0 spiro atoms. The third-order valence-electron chi connectivity index (χ3n) is 4.65. The minimum atomic E-state index is 0.587. The highest BCUT2D eigenvalue weighted by atomic mass is 14.3. The molecule has 21 heavy (non-hydrogen) atoms. The summed E-state index contributed by atoms with van der Waals surface area (Å²) in [5, 5.41) is 0. The minimum absolute atomic E-state index is 0.587. The Hall–Kier alpha value is -1.56. The van der Waals surface area contributed by atoms with Gasteiger partial charge in [0.2, 0.25) is 0 Å². The number of hydrogen-bond donors (Lipinski definition) is 0. The van der Waals surface area contributed by atoms with Crippen LogP contribution in [0.5, 0.6) is 0 Å². The molecule has 2 rings (SSSR count). The van der Waals surface area contributed by atoms with Crippen molar-refractivity contribution in [1.29, 1.82) is 0 Å². The lowest BCUT2D eigenvalue weighted by Crippen LogP contribution is -2.15. The van der Waals surface area contributed by atoms with Gasteiger partial charge >= 0.3 is 0 Å². The first-order chi connectivity index (χ1) is 10.1. The maximum Gasteiger partial charge on any atom is -0.00930 e. The van der Waals surface area contributed by atoms with E-state index in [1.165, 1.54) is 17.5 Å². The SMILES string of the molecule is CCC(C)C(Cc1ccccc1)c1ccccc1C(C)C. The molecule has 0 aliphatic rings. The Morgan fingerprint density at radius 3 is 1.90 bits per heavy atom. The monoisotopic (exact) mass is 280 g/mol. The number of hydrogen-bond acceptors (Lipinski definition) is 0. The van der Waals surface area contributed by atoms with E-state index in [2.05, 4.69) is 82.3 Å². The molecule has 0 bridgehead atoms. The van der Waals surface area contributed by atoms with Crippen LogP contribution in [0.1, 0.15) is 62.6 Å². The van der Waals surface area contributed by atoms with E-state index in [-0.39, 0.29) is 0 Å². The van der Waals surface area contributed by atoms with E-state index < -0.39 is 0 Å². The van der Waals surface area contributed by atoms with E-state index in [1.54, 1.807) is 5.56 Å². The summed E-state index contributed by atoms with van der Waals surface area (Å²) in [5.74, 6) is 1.89. The second kappa shape index (κ2) is 7.45. The first kappa shape index (κ1) is 15.8. The van der Waals surface area contributed by atoms with Gasteiger partial charge in [-0.15, -0.1) is 0 Å². The molecule has 2 aromatic carbocycles. The second-order valence-electron chi connectivity index (χ2n) is 6.47. The quantitative estimate of drug-likeness (QED) is 0.592. The Morgan fingerprint density at radius 2 is 1.33 bits per heavy atom. The highest BCUT2D eigenvalue weighted by Gasteiger charge is 2.21. The van der Waals surface area contributed by atoms with Crippen molar-refractivity contribution >= 4 is 0 Å². The van der Waals surface area contributed by atoms with Gasteiger partial charge in [-0.1, -0.05) is 88.7 Å². The Morgan fingerprint density at radius 1 is 0.762 bits per heavy atom. The fraction of sp³-hybridized carbons (Fsp3) is 0.429. The van der Waals surface area contributed by atoms with Crippen LogP contribution in [-0.4, -0.2) is 0 Å². The van der Waals surface area contributed by atoms with Crippen LogP contribution in [0.15, 0.2) is 54.6 Å². The van der Waals surface area contributed by atoms with Crippen molar-refractivity contribution in [3.8, 4) is 0 Å². The van der Waals surface area contributed by atoms with Crippen molar-refractivity contribution in [2.24, 2.45) is 5.92 Å². The summed E-state index contributed by atoms with van der Waals surface area (Å²) < 4.78 is 0. The molecule has 0 saturated heterocycles. The Bertz CT molecular complexity index is 539. The van der Waals surface area contributed by atoms with Gasteiger partial charge in [-0.25, -0.2) is 0 Å². The molecule has 0 aromatic heterocycles. The van der Waals surface area contributed by atoms with Gasteiger partial charge in [0.15, 0.2) is 0 Å². The summed E-state index contributed by atoms with van der Waals surface area (Å²) in [4.78, 5) is 0. The van der Waals surface area contributed by atoms with Crippen LogP contribution in [0.25, 0.3) is 0 Å². The van der Waals surface area contributed by atoms with Gasteiger partial charge in [-0.3, -0.25) is 0 Å². The van der Waals surface area contributed by atoms with Crippen molar-refractivity contribution in [3.05, 3.63) is 71.3 Å². The summed E-state index contributed by atoms with van der Waals surface area (Å²) in [6.07, 6.45) is 2.36. The molecule has 0 heterocycles. The zero-order valence-corrected chi connectivity index (χ0v) is 13.8. The van der Waals surface area contributed by atoms with Crippen LogP contribution in [0.3, 0.4) is 0 Å². The Kier molecular flexibility index (Phi) is 5.61. The van der Waals surface area contributed by atoms with Crippen LogP contribution in [0.2, 0.25) is 0 Å². The standard InChI is InChI=1S/C21H28/c1-5-17(4)21(15-18-11-7-6-8-12-18)20-14-10-9-13-19(20)16(2)3/h6-14,16-17,21H,5,15H2,1-4H3. The third kappa shape index (κ3) is 3.97. The predicted molar refractivity (Wildman–Crippen MR) is 92.9 cm³/mol. The lowest BCUT2D eigenvalue weighted by molar-refractivity contribution is 0.439. The van der Waals surface area contributed by atoms with Crippen molar-refractivity contribution in [2.75, 3.05) is 0 Å². The molecule has 2 atom stereocenters. The zero-order chi connectivity index (χ0) is 15.2. The normalized spacial score (nSPS) is 14.1. The molecule has 0 aliphatic carbocycles. The molecule has 2 unspecified atom stereocenters. The maximum absolute atomic E-state index is 2.39. The molecule has 2 aromatic rings. The largest absolute Gasteiger partial charge is 0.0651 e. The van der Waals surface area contributed by atoms with E-state index in [0.29, 0.717) is 17.8 Å². The van der Waals surface area contributed by atoms with E-state index in [4.69, 9.17) is 0 Å². The van der Waals surface area contributed by atoms with Crippen molar-refractivity contribution in [3.63, 3.8) is 0 Å². The molecule has 0 N–H and O–H groups in total. The molecular formula is C21H28. The fourth-order valence-corrected chi connectivity index (χ4v) is 3.14. The summed E-state index contributed by atoms with van der Waals surface area (Å²) in [7, 11) is 0. The molecule has 0 amide bonds. The highest BCUT2D eigenvalue weighted by molar-refractivity contribution is 5.34. The molecule has 0 saturated carbocycles. The summed E-state index contributed by atoms with van der Waals surface area (Å²) >= 11 is 0. The van der Waals surface area contributed by atoms with Gasteiger partial charge in [0, 0.05) is 0 Å². The first-order valence-corrected chi connectivity index (χ1v) is 8.26. The molecule has 0 heteroatoms. The van der Waals surface area contributed by atoms with Crippen molar-refractivity contribution < 1.29 is 0 Å². The number of benzene rings is 2. The van der Waals surface area contributed by atoms with Crippen LogP contribution in [0.4, 0.5) is 0 Å². The third-order valence-corrected chi connectivity index (χ3v) is 4.65. The lowest BCUT2D eigenvalue weighted by Gasteiger charge is -2.27. The first-order valence-electron chi connectivity index (χ1n) is 8.26. The van der Waals surface area contributed by atoms with E-state index in [0.717, 1.165) is 6.42 Å². The van der Waals surface area contributed by atoms with Crippen LogP contribution >= 0.6 is 0 Å². The van der Waals surface area contributed by atoms with Gasteiger partial charge in [0.25, 0.3) is 0 Å². The van der Waals surface area contributed by atoms with E-state index >= 15 is 0 Å². The van der Waals surface area contributed by atoms with Crippen LogP contribution < -0.4 is 0 Å². The number of rotatable bonds is 6. The van der Waals surface area contributed by atoms with Gasteiger partial charge < -0.3 is 0 Å². The van der Waals surface area contributed by atoms with Gasteiger partial charge in [0.1, 0.15) is 0 Å². The maximum atomic E-state index is 2.39. The predicted octanol–water partition coefficient (Wildman–Crippen LogP) is 6.18. The molecule has 0 radical (unpaired) electrons. The van der Waals surface area contributed by atoms with Gasteiger partial charge in [-0.05, 0) is 40.9 Å². The zero-order valence-electron chi connectivity index (χ0n) is 13.8.